The summed E-state index contributed by atoms with van der Waals surface area (Å²) in [7, 11) is 0. The minimum Gasteiger partial charge on any atom is -0.396 e. The van der Waals surface area contributed by atoms with Crippen molar-refractivity contribution in [3.8, 4) is 0 Å². The molecule has 0 spiro atoms. The standard InChI is InChI=1S/C18H28N2O2/c1-3-14-6-5-7-15(4-2)17(14)20-18(22)19-16-10-8-13(12-21)9-11-16/h5-7,13,16,21H,3-4,8-12H2,1-2H3,(H2,19,20,22). The zero-order valence-corrected chi connectivity index (χ0v) is 13.7. The summed E-state index contributed by atoms with van der Waals surface area (Å²) in [4.78, 5) is 12.3. The van der Waals surface area contributed by atoms with Crippen molar-refractivity contribution in [1.82, 2.24) is 5.32 Å². The molecule has 1 aromatic rings. The number of nitrogens with one attached hydrogen (secondary N) is 2. The van der Waals surface area contributed by atoms with Gasteiger partial charge in [-0.15, -0.1) is 0 Å². The van der Waals surface area contributed by atoms with E-state index in [-0.39, 0.29) is 18.7 Å². The molecule has 1 saturated carbocycles. The highest BCUT2D eigenvalue weighted by Crippen LogP contribution is 2.25. The van der Waals surface area contributed by atoms with Crippen molar-refractivity contribution in [3.63, 3.8) is 0 Å². The van der Waals surface area contributed by atoms with E-state index in [1.807, 2.05) is 0 Å². The molecule has 2 rings (SSSR count). The molecule has 0 radical (unpaired) electrons. The van der Waals surface area contributed by atoms with Crippen LogP contribution in [-0.2, 0) is 12.8 Å². The molecule has 1 fully saturated rings. The van der Waals surface area contributed by atoms with Gasteiger partial charge in [0.2, 0.25) is 0 Å². The van der Waals surface area contributed by atoms with Crippen LogP contribution in [0.4, 0.5) is 10.5 Å². The maximum absolute atomic E-state index is 12.3. The molecule has 0 atom stereocenters. The van der Waals surface area contributed by atoms with Crippen molar-refractivity contribution in [1.29, 1.82) is 0 Å². The number of carbonyl (C=O) groups is 1. The summed E-state index contributed by atoms with van der Waals surface area (Å²) in [5, 5.41) is 15.3. The van der Waals surface area contributed by atoms with E-state index in [2.05, 4.69) is 42.7 Å². The Morgan fingerprint density at radius 2 is 1.73 bits per heavy atom. The maximum atomic E-state index is 12.3. The fourth-order valence-electron chi connectivity index (χ4n) is 3.23. The number of hydrogen-bond donors (Lipinski definition) is 3. The molecular weight excluding hydrogens is 276 g/mol. The second kappa shape index (κ2) is 8.18. The lowest BCUT2D eigenvalue weighted by Gasteiger charge is -2.28. The minimum absolute atomic E-state index is 0.108. The molecule has 1 aromatic carbocycles. The summed E-state index contributed by atoms with van der Waals surface area (Å²) in [6, 6.07) is 6.31. The van der Waals surface area contributed by atoms with E-state index >= 15 is 0 Å². The number of para-hydroxylation sites is 1. The third kappa shape index (κ3) is 4.23. The van der Waals surface area contributed by atoms with E-state index < -0.39 is 0 Å². The monoisotopic (exact) mass is 304 g/mol. The van der Waals surface area contributed by atoms with Gasteiger partial charge in [0.1, 0.15) is 0 Å². The number of anilines is 1. The SMILES string of the molecule is CCc1cccc(CC)c1NC(=O)NC1CCC(CO)CC1. The van der Waals surface area contributed by atoms with Gasteiger partial charge in [-0.25, -0.2) is 4.79 Å². The van der Waals surface area contributed by atoms with Gasteiger partial charge >= 0.3 is 6.03 Å². The molecule has 4 heteroatoms. The minimum atomic E-state index is -0.108. The molecule has 122 valence electrons. The first-order valence-corrected chi connectivity index (χ1v) is 8.47. The summed E-state index contributed by atoms with van der Waals surface area (Å²) in [5.74, 6) is 0.411. The smallest absolute Gasteiger partial charge is 0.319 e. The summed E-state index contributed by atoms with van der Waals surface area (Å²) >= 11 is 0. The van der Waals surface area contributed by atoms with Gasteiger partial charge in [0.15, 0.2) is 0 Å². The second-order valence-electron chi connectivity index (χ2n) is 6.16. The number of aliphatic hydroxyl groups is 1. The zero-order chi connectivity index (χ0) is 15.9. The Morgan fingerprint density at radius 3 is 2.23 bits per heavy atom. The highest BCUT2D eigenvalue weighted by molar-refractivity contribution is 5.91. The van der Waals surface area contributed by atoms with E-state index in [0.29, 0.717) is 5.92 Å². The van der Waals surface area contributed by atoms with Crippen molar-refractivity contribution in [3.05, 3.63) is 29.3 Å². The number of aryl methyl sites for hydroxylation is 2. The average Bonchev–Trinajstić information content (AvgIpc) is 2.55. The van der Waals surface area contributed by atoms with Crippen molar-refractivity contribution in [2.45, 2.75) is 58.4 Å². The molecule has 2 amide bonds. The van der Waals surface area contributed by atoms with Crippen LogP contribution in [0.5, 0.6) is 0 Å². The summed E-state index contributed by atoms with van der Waals surface area (Å²) in [6.07, 6.45) is 5.71. The maximum Gasteiger partial charge on any atom is 0.319 e. The Bertz CT molecular complexity index is 472. The van der Waals surface area contributed by atoms with Crippen LogP contribution in [0.2, 0.25) is 0 Å². The second-order valence-corrected chi connectivity index (χ2v) is 6.16. The fourth-order valence-corrected chi connectivity index (χ4v) is 3.23. The number of rotatable bonds is 5. The number of urea groups is 1. The van der Waals surface area contributed by atoms with E-state index in [1.54, 1.807) is 0 Å². The van der Waals surface area contributed by atoms with E-state index in [1.165, 1.54) is 11.1 Å². The third-order valence-corrected chi connectivity index (χ3v) is 4.68. The predicted molar refractivity (Wildman–Crippen MR) is 90.2 cm³/mol. The van der Waals surface area contributed by atoms with Gasteiger partial charge in [0, 0.05) is 18.3 Å². The molecule has 22 heavy (non-hydrogen) atoms. The normalized spacial score (nSPS) is 21.4. The van der Waals surface area contributed by atoms with Crippen LogP contribution in [0, 0.1) is 5.92 Å². The van der Waals surface area contributed by atoms with Crippen LogP contribution in [0.1, 0.15) is 50.7 Å². The first kappa shape index (κ1) is 16.8. The largest absolute Gasteiger partial charge is 0.396 e. The van der Waals surface area contributed by atoms with Gasteiger partial charge in [-0.3, -0.25) is 0 Å². The van der Waals surface area contributed by atoms with Crippen LogP contribution in [0.15, 0.2) is 18.2 Å². The van der Waals surface area contributed by atoms with Crippen molar-refractivity contribution >= 4 is 11.7 Å². The zero-order valence-electron chi connectivity index (χ0n) is 13.7. The highest BCUT2D eigenvalue weighted by atomic mass is 16.3. The number of benzene rings is 1. The molecule has 0 unspecified atom stereocenters. The average molecular weight is 304 g/mol. The Kier molecular flexibility index (Phi) is 6.25. The molecular formula is C18H28N2O2. The van der Waals surface area contributed by atoms with Gasteiger partial charge in [-0.2, -0.15) is 0 Å². The lowest BCUT2D eigenvalue weighted by molar-refractivity contribution is 0.176. The van der Waals surface area contributed by atoms with Gasteiger partial charge in [0.25, 0.3) is 0 Å². The first-order valence-electron chi connectivity index (χ1n) is 8.47. The van der Waals surface area contributed by atoms with Gasteiger partial charge < -0.3 is 15.7 Å². The molecule has 1 aliphatic rings. The van der Waals surface area contributed by atoms with Crippen LogP contribution in [-0.4, -0.2) is 23.8 Å². The van der Waals surface area contributed by atoms with E-state index in [9.17, 15) is 4.79 Å². The Balaban J connectivity index is 1.95. The Morgan fingerprint density at radius 1 is 1.14 bits per heavy atom. The van der Waals surface area contributed by atoms with Crippen LogP contribution >= 0.6 is 0 Å². The molecule has 0 bridgehead atoms. The van der Waals surface area contributed by atoms with E-state index in [0.717, 1.165) is 44.2 Å². The highest BCUT2D eigenvalue weighted by Gasteiger charge is 2.22. The van der Waals surface area contributed by atoms with Crippen LogP contribution < -0.4 is 10.6 Å². The van der Waals surface area contributed by atoms with Crippen LogP contribution in [0.25, 0.3) is 0 Å². The summed E-state index contributed by atoms with van der Waals surface area (Å²) < 4.78 is 0. The third-order valence-electron chi connectivity index (χ3n) is 4.68. The lowest BCUT2D eigenvalue weighted by atomic mass is 9.87. The lowest BCUT2D eigenvalue weighted by Crippen LogP contribution is -2.40. The molecule has 0 aliphatic heterocycles. The number of carbonyl (C=O) groups excluding carboxylic acids is 1. The van der Waals surface area contributed by atoms with Crippen molar-refractivity contribution in [2.75, 3.05) is 11.9 Å². The summed E-state index contributed by atoms with van der Waals surface area (Å²) in [5.41, 5.74) is 3.33. The number of amides is 2. The number of hydrogen-bond acceptors (Lipinski definition) is 2. The van der Waals surface area contributed by atoms with Gasteiger partial charge in [-0.05, 0) is 55.6 Å². The summed E-state index contributed by atoms with van der Waals surface area (Å²) in [6.45, 7) is 4.48. The first-order chi connectivity index (χ1) is 10.7. The van der Waals surface area contributed by atoms with Crippen molar-refractivity contribution < 1.29 is 9.90 Å². The quantitative estimate of drug-likeness (QED) is 0.780. The molecule has 1 aliphatic carbocycles. The molecule has 0 saturated heterocycles. The fraction of sp³-hybridized carbons (Fsp3) is 0.611. The Labute approximate surface area is 133 Å². The molecule has 0 heterocycles. The molecule has 4 nitrogen and oxygen atoms in total. The van der Waals surface area contributed by atoms with Gasteiger partial charge in [-0.1, -0.05) is 32.0 Å². The topological polar surface area (TPSA) is 61.4 Å². The Hall–Kier alpha value is -1.55. The van der Waals surface area contributed by atoms with Crippen molar-refractivity contribution in [2.24, 2.45) is 5.92 Å². The predicted octanol–water partition coefficient (Wildman–Crippen LogP) is 3.48. The van der Waals surface area contributed by atoms with E-state index in [4.69, 9.17) is 5.11 Å². The number of aliphatic hydroxyl groups excluding tert-OH is 1. The molecule has 0 aromatic heterocycles. The van der Waals surface area contributed by atoms with Crippen LogP contribution in [0.3, 0.4) is 0 Å². The molecule has 3 N–H and O–H groups in total. The van der Waals surface area contributed by atoms with Gasteiger partial charge in [0.05, 0.1) is 0 Å².